The first-order valence-corrected chi connectivity index (χ1v) is 15.0. The predicted octanol–water partition coefficient (Wildman–Crippen LogP) is 7.33. The number of nitrogens with zero attached hydrogens (tertiary/aromatic N) is 3. The van der Waals surface area contributed by atoms with E-state index in [9.17, 15) is 9.59 Å². The molecule has 6 nitrogen and oxygen atoms in total. The smallest absolute Gasteiger partial charge is 0.303 e. The van der Waals surface area contributed by atoms with Crippen molar-refractivity contribution in [1.82, 2.24) is 14.0 Å². The second kappa shape index (κ2) is 11.1. The molecule has 3 aromatic heterocycles. The Kier molecular flexibility index (Phi) is 6.97. The molecule has 218 valence electrons. The normalized spacial score (nSPS) is 15.6. The molecule has 6 heteroatoms. The Bertz CT molecular complexity index is 1860. The number of rotatable bonds is 7. The first-order valence-electron chi connectivity index (χ1n) is 15.0. The average Bonchev–Trinajstić information content (AvgIpc) is 3.66. The highest BCUT2D eigenvalue weighted by Gasteiger charge is 2.42. The van der Waals surface area contributed by atoms with Crippen molar-refractivity contribution >= 4 is 17.3 Å². The summed E-state index contributed by atoms with van der Waals surface area (Å²) in [5.74, 6) is -1.03. The van der Waals surface area contributed by atoms with Gasteiger partial charge >= 0.3 is 5.97 Å². The van der Waals surface area contributed by atoms with Gasteiger partial charge in [0.2, 0.25) is 0 Å². The molecule has 0 amide bonds. The first-order chi connectivity index (χ1) is 21.5. The number of pyridine rings is 1. The van der Waals surface area contributed by atoms with Gasteiger partial charge in [0.15, 0.2) is 11.9 Å². The molecule has 3 aromatic carbocycles. The van der Waals surface area contributed by atoms with Crippen LogP contribution in [0, 0.1) is 12.8 Å². The number of fused-ring (bicyclic) bond motifs is 3. The zero-order valence-electron chi connectivity index (χ0n) is 24.8. The molecule has 7 rings (SSSR count). The van der Waals surface area contributed by atoms with Crippen LogP contribution in [0.15, 0.2) is 128 Å². The first kappa shape index (κ1) is 27.6. The van der Waals surface area contributed by atoms with Crippen molar-refractivity contribution in [3.05, 3.63) is 167 Å². The molecular weight excluding hydrogens is 546 g/mol. The standard InChI is InChI=1S/C38H33N3O3/c1-26-31-21-22-32(36(43)35(31)41-23-13-12-20-34(26)41)37(44-27(2)42)33-24-40(25-39-33)38(28-14-6-3-7-15-28,29-16-8-4-9-17-29)30-18-10-5-11-19-30/h3-20,23-25,32,37H,21-22H2,1-2H3. The number of carbonyl (C=O) groups is 2. The third-order valence-electron chi connectivity index (χ3n) is 9.01. The SMILES string of the molecule is CC(=O)OC(c1cn(C(c2ccccc2)(c2ccccc2)c2ccccc2)cn1)C1CCc2c(C)c3ccccn3c2C1=O. The van der Waals surface area contributed by atoms with E-state index in [4.69, 9.17) is 9.72 Å². The predicted molar refractivity (Wildman–Crippen MR) is 170 cm³/mol. The van der Waals surface area contributed by atoms with Gasteiger partial charge < -0.3 is 13.7 Å². The van der Waals surface area contributed by atoms with Gasteiger partial charge in [0, 0.05) is 24.8 Å². The summed E-state index contributed by atoms with van der Waals surface area (Å²) in [4.78, 5) is 31.7. The van der Waals surface area contributed by atoms with Crippen LogP contribution in [0.1, 0.15) is 63.4 Å². The van der Waals surface area contributed by atoms with Crippen molar-refractivity contribution < 1.29 is 14.3 Å². The molecule has 1 aliphatic rings. The van der Waals surface area contributed by atoms with E-state index in [1.54, 1.807) is 6.33 Å². The fourth-order valence-electron chi connectivity index (χ4n) is 7.07. The summed E-state index contributed by atoms with van der Waals surface area (Å²) < 4.78 is 10.1. The highest BCUT2D eigenvalue weighted by molar-refractivity contribution is 6.01. The molecule has 0 bridgehead atoms. The van der Waals surface area contributed by atoms with Crippen molar-refractivity contribution in [2.45, 2.75) is 38.3 Å². The molecule has 1 aliphatic carbocycles. The Morgan fingerprint density at radius 1 is 0.864 bits per heavy atom. The molecule has 3 heterocycles. The summed E-state index contributed by atoms with van der Waals surface area (Å²) in [6, 6.07) is 37.0. The van der Waals surface area contributed by atoms with Crippen LogP contribution in [0.3, 0.4) is 0 Å². The van der Waals surface area contributed by atoms with Gasteiger partial charge in [0.1, 0.15) is 5.54 Å². The van der Waals surface area contributed by atoms with Crippen molar-refractivity contribution in [2.75, 3.05) is 0 Å². The number of esters is 1. The summed E-state index contributed by atoms with van der Waals surface area (Å²) >= 11 is 0. The number of aromatic nitrogens is 3. The molecule has 0 N–H and O–H groups in total. The van der Waals surface area contributed by atoms with Gasteiger partial charge in [0.05, 0.1) is 23.6 Å². The monoisotopic (exact) mass is 579 g/mol. The molecule has 0 saturated carbocycles. The van der Waals surface area contributed by atoms with Gasteiger partial charge in [-0.1, -0.05) is 97.1 Å². The number of Topliss-reactive ketones (excluding diaryl/α,β-unsaturated/α-hetero) is 1. The molecule has 44 heavy (non-hydrogen) atoms. The van der Waals surface area contributed by atoms with Gasteiger partial charge in [-0.15, -0.1) is 0 Å². The average molecular weight is 580 g/mol. The van der Waals surface area contributed by atoms with Gasteiger partial charge in [0.25, 0.3) is 0 Å². The lowest BCUT2D eigenvalue weighted by molar-refractivity contribution is -0.149. The molecule has 0 aliphatic heterocycles. The topological polar surface area (TPSA) is 65.6 Å². The number of carbonyl (C=O) groups excluding carboxylic acids is 2. The largest absolute Gasteiger partial charge is 0.455 e. The van der Waals surface area contributed by atoms with Gasteiger partial charge in [-0.25, -0.2) is 4.98 Å². The van der Waals surface area contributed by atoms with Crippen molar-refractivity contribution in [1.29, 1.82) is 0 Å². The van der Waals surface area contributed by atoms with Crippen LogP contribution in [0.4, 0.5) is 0 Å². The molecule has 0 saturated heterocycles. The maximum Gasteiger partial charge on any atom is 0.303 e. The van der Waals surface area contributed by atoms with Gasteiger partial charge in [-0.05, 0) is 59.7 Å². The summed E-state index contributed by atoms with van der Waals surface area (Å²) in [5.41, 5.74) is 6.84. The van der Waals surface area contributed by atoms with E-state index in [2.05, 4.69) is 47.9 Å². The number of hydrogen-bond donors (Lipinski definition) is 0. The minimum atomic E-state index is -0.830. The third-order valence-corrected chi connectivity index (χ3v) is 9.01. The minimum absolute atomic E-state index is 0.0261. The zero-order chi connectivity index (χ0) is 30.3. The maximum absolute atomic E-state index is 14.3. The van der Waals surface area contributed by atoms with Crippen LogP contribution < -0.4 is 0 Å². The Morgan fingerprint density at radius 2 is 1.43 bits per heavy atom. The quantitative estimate of drug-likeness (QED) is 0.147. The van der Waals surface area contributed by atoms with Crippen molar-refractivity contribution in [3.63, 3.8) is 0 Å². The summed E-state index contributed by atoms with van der Waals surface area (Å²) in [7, 11) is 0. The number of ketones is 1. The van der Waals surface area contributed by atoms with Gasteiger partial charge in [-0.2, -0.15) is 0 Å². The molecule has 6 aromatic rings. The molecule has 0 radical (unpaired) electrons. The van der Waals surface area contributed by atoms with Crippen molar-refractivity contribution in [2.24, 2.45) is 5.92 Å². The molecule has 0 spiro atoms. The fourth-order valence-corrected chi connectivity index (χ4v) is 7.07. The lowest BCUT2D eigenvalue weighted by Crippen LogP contribution is -2.37. The summed E-state index contributed by atoms with van der Waals surface area (Å²) in [5, 5.41) is 0. The zero-order valence-corrected chi connectivity index (χ0v) is 24.8. The van der Waals surface area contributed by atoms with E-state index in [1.165, 1.54) is 6.92 Å². The lowest BCUT2D eigenvalue weighted by Gasteiger charge is -2.37. The minimum Gasteiger partial charge on any atom is -0.455 e. The Labute approximate surface area is 256 Å². The van der Waals surface area contributed by atoms with Crippen LogP contribution in [0.25, 0.3) is 5.52 Å². The Balaban J connectivity index is 1.39. The highest BCUT2D eigenvalue weighted by atomic mass is 16.5. The van der Waals surface area contributed by atoms with Crippen LogP contribution in [-0.2, 0) is 21.5 Å². The number of ether oxygens (including phenoxy) is 1. The number of imidazole rings is 1. The fraction of sp³-hybridized carbons (Fsp3) is 0.184. The van der Waals surface area contributed by atoms with E-state index in [1.807, 2.05) is 89.6 Å². The van der Waals surface area contributed by atoms with E-state index < -0.39 is 23.5 Å². The van der Waals surface area contributed by atoms with Gasteiger partial charge in [-0.3, -0.25) is 9.59 Å². The van der Waals surface area contributed by atoms with E-state index in [0.717, 1.165) is 39.8 Å². The molecule has 0 fully saturated rings. The van der Waals surface area contributed by atoms with E-state index in [0.29, 0.717) is 17.8 Å². The number of hydrogen-bond acceptors (Lipinski definition) is 4. The Hall–Kier alpha value is -5.23. The van der Waals surface area contributed by atoms with E-state index >= 15 is 0 Å². The van der Waals surface area contributed by atoms with Crippen LogP contribution in [0.2, 0.25) is 0 Å². The lowest BCUT2D eigenvalue weighted by atomic mass is 9.76. The van der Waals surface area contributed by atoms with Crippen LogP contribution in [-0.4, -0.2) is 25.7 Å². The number of aryl methyl sites for hydroxylation is 1. The second-order valence-electron chi connectivity index (χ2n) is 11.5. The molecular formula is C38H33N3O3. The van der Waals surface area contributed by atoms with Crippen LogP contribution in [0.5, 0.6) is 0 Å². The molecule has 2 unspecified atom stereocenters. The Morgan fingerprint density at radius 3 is 2.00 bits per heavy atom. The van der Waals surface area contributed by atoms with Crippen molar-refractivity contribution in [3.8, 4) is 0 Å². The maximum atomic E-state index is 14.3. The summed E-state index contributed by atoms with van der Waals surface area (Å²) in [6.07, 6.45) is 6.14. The second-order valence-corrected chi connectivity index (χ2v) is 11.5. The third kappa shape index (κ3) is 4.37. The van der Waals surface area contributed by atoms with E-state index in [-0.39, 0.29) is 5.78 Å². The van der Waals surface area contributed by atoms with Crippen LogP contribution >= 0.6 is 0 Å². The summed E-state index contributed by atoms with van der Waals surface area (Å²) in [6.45, 7) is 3.46. The molecule has 2 atom stereocenters. The highest BCUT2D eigenvalue weighted by Crippen LogP contribution is 2.43. The number of benzene rings is 3.